The number of amides is 2. The van der Waals surface area contributed by atoms with Gasteiger partial charge in [0.2, 0.25) is 0 Å². The number of hydrogen-bond acceptors (Lipinski definition) is 3. The van der Waals surface area contributed by atoms with Gasteiger partial charge in [-0.3, -0.25) is 9.59 Å². The van der Waals surface area contributed by atoms with Crippen molar-refractivity contribution in [3.63, 3.8) is 0 Å². The van der Waals surface area contributed by atoms with E-state index in [0.29, 0.717) is 22.6 Å². The van der Waals surface area contributed by atoms with E-state index in [1.165, 1.54) is 4.90 Å². The zero-order valence-electron chi connectivity index (χ0n) is 14.5. The van der Waals surface area contributed by atoms with E-state index in [4.69, 9.17) is 4.74 Å². The SMILES string of the molecule is Cc1cccc(Oc2ccc(N3C(=O)c4ccccc4C3=O)cc2)c1C. The smallest absolute Gasteiger partial charge is 0.266 e. The predicted octanol–water partition coefficient (Wildman–Crippen LogP) is 4.90. The number of carbonyl (C=O) groups excluding carboxylic acids is 2. The van der Waals surface area contributed by atoms with Gasteiger partial charge < -0.3 is 4.74 Å². The van der Waals surface area contributed by atoms with Crippen molar-refractivity contribution in [1.82, 2.24) is 0 Å². The summed E-state index contributed by atoms with van der Waals surface area (Å²) < 4.78 is 5.93. The summed E-state index contributed by atoms with van der Waals surface area (Å²) in [6.07, 6.45) is 0. The lowest BCUT2D eigenvalue weighted by Gasteiger charge is -2.15. The molecule has 0 saturated heterocycles. The minimum atomic E-state index is -0.297. The number of rotatable bonds is 3. The van der Waals surface area contributed by atoms with Gasteiger partial charge in [0.05, 0.1) is 16.8 Å². The Labute approximate surface area is 151 Å². The van der Waals surface area contributed by atoms with Crippen molar-refractivity contribution in [3.05, 3.63) is 89.0 Å². The standard InChI is InChI=1S/C22H17NO3/c1-14-6-5-9-20(15(14)2)26-17-12-10-16(11-13-17)23-21(24)18-7-3-4-8-19(18)22(23)25/h3-13H,1-2H3. The van der Waals surface area contributed by atoms with Gasteiger partial charge in [0.15, 0.2) is 0 Å². The maximum Gasteiger partial charge on any atom is 0.266 e. The van der Waals surface area contributed by atoms with Crippen LogP contribution in [0.3, 0.4) is 0 Å². The van der Waals surface area contributed by atoms with Crippen LogP contribution in [-0.2, 0) is 0 Å². The molecule has 0 spiro atoms. The van der Waals surface area contributed by atoms with Crippen molar-refractivity contribution in [2.24, 2.45) is 0 Å². The van der Waals surface area contributed by atoms with Gasteiger partial charge in [-0.05, 0) is 67.4 Å². The van der Waals surface area contributed by atoms with Gasteiger partial charge in [0, 0.05) is 0 Å². The molecule has 0 atom stereocenters. The Kier molecular flexibility index (Phi) is 3.81. The third-order valence-corrected chi connectivity index (χ3v) is 4.67. The van der Waals surface area contributed by atoms with Crippen LogP contribution < -0.4 is 9.64 Å². The molecule has 0 N–H and O–H groups in total. The van der Waals surface area contributed by atoms with Gasteiger partial charge in [-0.1, -0.05) is 24.3 Å². The second-order valence-corrected chi connectivity index (χ2v) is 6.29. The molecule has 0 bridgehead atoms. The monoisotopic (exact) mass is 343 g/mol. The lowest BCUT2D eigenvalue weighted by Crippen LogP contribution is -2.29. The largest absolute Gasteiger partial charge is 0.457 e. The fourth-order valence-corrected chi connectivity index (χ4v) is 3.05. The second kappa shape index (κ2) is 6.15. The van der Waals surface area contributed by atoms with Crippen molar-refractivity contribution < 1.29 is 14.3 Å². The van der Waals surface area contributed by atoms with Gasteiger partial charge >= 0.3 is 0 Å². The molecule has 0 fully saturated rings. The predicted molar refractivity (Wildman–Crippen MR) is 100 cm³/mol. The number of benzene rings is 3. The minimum absolute atomic E-state index is 0.297. The Bertz CT molecular complexity index is 987. The average Bonchev–Trinajstić information content (AvgIpc) is 2.91. The van der Waals surface area contributed by atoms with Crippen molar-refractivity contribution >= 4 is 17.5 Å². The Morgan fingerprint density at radius 2 is 1.35 bits per heavy atom. The number of anilines is 1. The second-order valence-electron chi connectivity index (χ2n) is 6.29. The lowest BCUT2D eigenvalue weighted by atomic mass is 10.1. The third kappa shape index (κ3) is 2.56. The molecule has 3 aromatic carbocycles. The van der Waals surface area contributed by atoms with E-state index < -0.39 is 0 Å². The van der Waals surface area contributed by atoms with E-state index in [1.54, 1.807) is 48.5 Å². The molecule has 0 radical (unpaired) electrons. The number of fused-ring (bicyclic) bond motifs is 1. The summed E-state index contributed by atoms with van der Waals surface area (Å²) in [4.78, 5) is 26.3. The van der Waals surface area contributed by atoms with Crippen LogP contribution in [0.25, 0.3) is 0 Å². The molecule has 2 amide bonds. The number of aryl methyl sites for hydroxylation is 1. The van der Waals surface area contributed by atoms with Gasteiger partial charge in [-0.2, -0.15) is 0 Å². The highest BCUT2D eigenvalue weighted by atomic mass is 16.5. The van der Waals surface area contributed by atoms with E-state index in [0.717, 1.165) is 16.9 Å². The summed E-state index contributed by atoms with van der Waals surface area (Å²) in [6, 6.07) is 19.7. The van der Waals surface area contributed by atoms with E-state index >= 15 is 0 Å². The molecular weight excluding hydrogens is 326 g/mol. The normalized spacial score (nSPS) is 13.1. The number of imide groups is 1. The fourth-order valence-electron chi connectivity index (χ4n) is 3.05. The van der Waals surface area contributed by atoms with Gasteiger partial charge in [-0.15, -0.1) is 0 Å². The molecular formula is C22H17NO3. The summed E-state index contributed by atoms with van der Waals surface area (Å²) >= 11 is 0. The summed E-state index contributed by atoms with van der Waals surface area (Å²) in [6.45, 7) is 4.05. The van der Waals surface area contributed by atoms with Gasteiger partial charge in [0.1, 0.15) is 11.5 Å². The lowest BCUT2D eigenvalue weighted by molar-refractivity contribution is 0.0926. The molecule has 1 heterocycles. The van der Waals surface area contributed by atoms with E-state index in [-0.39, 0.29) is 11.8 Å². The topological polar surface area (TPSA) is 46.6 Å². The zero-order valence-corrected chi connectivity index (χ0v) is 14.5. The first kappa shape index (κ1) is 16.1. The summed E-state index contributed by atoms with van der Waals surface area (Å²) in [5, 5.41) is 0. The van der Waals surface area contributed by atoms with Crippen LogP contribution >= 0.6 is 0 Å². The number of carbonyl (C=O) groups is 2. The van der Waals surface area contributed by atoms with Crippen LogP contribution in [0.1, 0.15) is 31.8 Å². The van der Waals surface area contributed by atoms with Crippen molar-refractivity contribution in [2.45, 2.75) is 13.8 Å². The third-order valence-electron chi connectivity index (χ3n) is 4.67. The average molecular weight is 343 g/mol. The molecule has 4 rings (SSSR count). The van der Waals surface area contributed by atoms with Crippen molar-refractivity contribution in [1.29, 1.82) is 0 Å². The quantitative estimate of drug-likeness (QED) is 0.636. The number of nitrogens with zero attached hydrogens (tertiary/aromatic N) is 1. The Balaban J connectivity index is 1.60. The zero-order chi connectivity index (χ0) is 18.3. The summed E-state index contributed by atoms with van der Waals surface area (Å²) in [5.41, 5.74) is 3.65. The first-order chi connectivity index (χ1) is 12.6. The molecule has 4 heteroatoms. The molecule has 0 unspecified atom stereocenters. The number of hydrogen-bond donors (Lipinski definition) is 0. The van der Waals surface area contributed by atoms with Crippen LogP contribution in [0.5, 0.6) is 11.5 Å². The fraction of sp³-hybridized carbons (Fsp3) is 0.0909. The highest BCUT2D eigenvalue weighted by Gasteiger charge is 2.36. The molecule has 3 aromatic rings. The highest BCUT2D eigenvalue weighted by Crippen LogP contribution is 2.31. The Morgan fingerprint density at radius 3 is 1.96 bits per heavy atom. The van der Waals surface area contributed by atoms with Crippen molar-refractivity contribution in [2.75, 3.05) is 4.90 Å². The van der Waals surface area contributed by atoms with Crippen LogP contribution in [-0.4, -0.2) is 11.8 Å². The van der Waals surface area contributed by atoms with Crippen LogP contribution in [0, 0.1) is 13.8 Å². The van der Waals surface area contributed by atoms with Crippen LogP contribution in [0.2, 0.25) is 0 Å². The molecule has 0 aliphatic carbocycles. The molecule has 1 aliphatic rings. The maximum atomic E-state index is 12.5. The Hall–Kier alpha value is -3.40. The van der Waals surface area contributed by atoms with Crippen LogP contribution in [0.4, 0.5) is 5.69 Å². The molecule has 0 saturated carbocycles. The van der Waals surface area contributed by atoms with Gasteiger partial charge in [0.25, 0.3) is 11.8 Å². The van der Waals surface area contributed by atoms with Crippen LogP contribution in [0.15, 0.2) is 66.7 Å². The first-order valence-corrected chi connectivity index (χ1v) is 8.38. The summed E-state index contributed by atoms with van der Waals surface area (Å²) in [7, 11) is 0. The van der Waals surface area contributed by atoms with E-state index in [2.05, 4.69) is 0 Å². The highest BCUT2D eigenvalue weighted by molar-refractivity contribution is 6.34. The molecule has 1 aliphatic heterocycles. The minimum Gasteiger partial charge on any atom is -0.457 e. The van der Waals surface area contributed by atoms with E-state index in [9.17, 15) is 9.59 Å². The van der Waals surface area contributed by atoms with Gasteiger partial charge in [-0.25, -0.2) is 4.90 Å². The molecule has 0 aromatic heterocycles. The first-order valence-electron chi connectivity index (χ1n) is 8.38. The summed E-state index contributed by atoms with van der Waals surface area (Å²) in [5.74, 6) is 0.847. The van der Waals surface area contributed by atoms with E-state index in [1.807, 2.05) is 32.0 Å². The molecule has 128 valence electrons. The Morgan fingerprint density at radius 1 is 0.731 bits per heavy atom. The molecule has 4 nitrogen and oxygen atoms in total. The number of ether oxygens (including phenoxy) is 1. The maximum absolute atomic E-state index is 12.5. The molecule has 26 heavy (non-hydrogen) atoms. The van der Waals surface area contributed by atoms with Crippen molar-refractivity contribution in [3.8, 4) is 11.5 Å².